The van der Waals surface area contributed by atoms with Crippen LogP contribution >= 0.6 is 23.2 Å². The van der Waals surface area contributed by atoms with E-state index in [1.807, 2.05) is 30.3 Å². The number of hydrogen-bond donors (Lipinski definition) is 1. The van der Waals surface area contributed by atoms with Crippen LogP contribution in [0.1, 0.15) is 29.5 Å². The maximum absolute atomic E-state index is 13.5. The van der Waals surface area contributed by atoms with Crippen molar-refractivity contribution in [2.75, 3.05) is 11.6 Å². The van der Waals surface area contributed by atoms with Crippen LogP contribution in [0.4, 0.5) is 5.95 Å². The molecule has 2 aliphatic rings. The maximum atomic E-state index is 13.5. The Morgan fingerprint density at radius 1 is 0.974 bits per heavy atom. The average molecular weight is 547 g/mol. The van der Waals surface area contributed by atoms with Crippen LogP contribution < -0.4 is 16.4 Å². The number of aryl methyl sites for hydroxylation is 1. The van der Waals surface area contributed by atoms with E-state index in [-0.39, 0.29) is 24.1 Å². The summed E-state index contributed by atoms with van der Waals surface area (Å²) >= 11 is 12.3. The number of amides is 1. The number of carbonyl (C=O) groups is 1. The van der Waals surface area contributed by atoms with Crippen molar-refractivity contribution in [2.24, 2.45) is 10.8 Å². The van der Waals surface area contributed by atoms with Gasteiger partial charge in [0.05, 0.1) is 23.4 Å². The van der Waals surface area contributed by atoms with Crippen molar-refractivity contribution in [1.82, 2.24) is 14.3 Å². The molecule has 2 heterocycles. The number of nitrogens with two attached hydrogens (primary N) is 1. The van der Waals surface area contributed by atoms with E-state index in [2.05, 4.69) is 18.2 Å². The van der Waals surface area contributed by atoms with Gasteiger partial charge >= 0.3 is 5.69 Å². The first kappa shape index (κ1) is 24.5. The molecule has 0 saturated carbocycles. The van der Waals surface area contributed by atoms with Crippen LogP contribution in [0.3, 0.4) is 0 Å². The predicted octanol–water partition coefficient (Wildman–Crippen LogP) is 4.32. The lowest BCUT2D eigenvalue weighted by Gasteiger charge is -2.27. The molecule has 0 saturated heterocycles. The number of carbonyl (C=O) groups excluding carboxylic acids is 1. The van der Waals surface area contributed by atoms with Crippen molar-refractivity contribution in [3.8, 4) is 5.69 Å². The minimum atomic E-state index is -0.505. The molecule has 1 amide bonds. The molecular weight excluding hydrogens is 523 g/mol. The molecule has 1 aromatic heterocycles. The fraction of sp³-hybridized carbons (Fsp3) is 0.214. The largest absolute Gasteiger partial charge is 0.370 e. The number of aromatic nitrogens is 3. The zero-order valence-corrected chi connectivity index (χ0v) is 21.9. The quantitative estimate of drug-likeness (QED) is 0.389. The smallest absolute Gasteiger partial charge is 0.352 e. The van der Waals surface area contributed by atoms with Crippen LogP contribution in [-0.4, -0.2) is 32.5 Å². The molecule has 4 aromatic rings. The first-order valence-electron chi connectivity index (χ1n) is 12.3. The predicted molar refractivity (Wildman–Crippen MR) is 148 cm³/mol. The third-order valence-corrected chi connectivity index (χ3v) is 7.80. The SMILES string of the molecule is NC(=O)CCn1c(N2C[C@]3(CCc4ccccc43)C(c3ccc(Cl)cc3)=N2)nn(-c2ccc(Cl)cc2)c1=O. The Kier molecular flexibility index (Phi) is 6.08. The monoisotopic (exact) mass is 546 g/mol. The van der Waals surface area contributed by atoms with Gasteiger partial charge in [-0.3, -0.25) is 9.36 Å². The van der Waals surface area contributed by atoms with Crippen LogP contribution in [0.5, 0.6) is 0 Å². The summed E-state index contributed by atoms with van der Waals surface area (Å²) in [6.45, 7) is 0.582. The third-order valence-electron chi connectivity index (χ3n) is 7.29. The molecule has 2 N–H and O–H groups in total. The molecule has 8 nitrogen and oxygen atoms in total. The molecule has 1 spiro atoms. The van der Waals surface area contributed by atoms with Crippen molar-refractivity contribution in [3.63, 3.8) is 0 Å². The molecule has 6 rings (SSSR count). The van der Waals surface area contributed by atoms with Crippen molar-refractivity contribution >= 4 is 40.8 Å². The van der Waals surface area contributed by atoms with E-state index in [0.717, 1.165) is 24.1 Å². The summed E-state index contributed by atoms with van der Waals surface area (Å²) in [4.78, 5) is 25.2. The molecule has 10 heteroatoms. The van der Waals surface area contributed by atoms with Crippen LogP contribution in [0.25, 0.3) is 5.69 Å². The highest BCUT2D eigenvalue weighted by Gasteiger charge is 2.49. The number of halogens is 2. The van der Waals surface area contributed by atoms with Gasteiger partial charge in [-0.25, -0.2) is 9.80 Å². The minimum Gasteiger partial charge on any atom is -0.370 e. The number of nitrogens with zero attached hydrogens (tertiary/aromatic N) is 5. The molecule has 0 fully saturated rings. The number of rotatable bonds is 6. The van der Waals surface area contributed by atoms with Gasteiger partial charge in [-0.05, 0) is 65.9 Å². The summed E-state index contributed by atoms with van der Waals surface area (Å²) in [5.74, 6) is -0.158. The molecule has 0 unspecified atom stereocenters. The number of benzene rings is 3. The zero-order chi connectivity index (χ0) is 26.4. The second kappa shape index (κ2) is 9.45. The van der Waals surface area contributed by atoms with E-state index in [1.165, 1.54) is 20.4 Å². The maximum Gasteiger partial charge on any atom is 0.352 e. The number of primary amides is 1. The van der Waals surface area contributed by atoms with Gasteiger partial charge in [0, 0.05) is 23.0 Å². The Morgan fingerprint density at radius 2 is 1.66 bits per heavy atom. The highest BCUT2D eigenvalue weighted by atomic mass is 35.5. The van der Waals surface area contributed by atoms with Crippen LogP contribution in [0.15, 0.2) is 82.7 Å². The van der Waals surface area contributed by atoms with Crippen LogP contribution in [0, 0.1) is 0 Å². The molecule has 38 heavy (non-hydrogen) atoms. The van der Waals surface area contributed by atoms with Gasteiger partial charge in [0.2, 0.25) is 11.9 Å². The highest BCUT2D eigenvalue weighted by Crippen LogP contribution is 2.46. The van der Waals surface area contributed by atoms with E-state index >= 15 is 0 Å². The van der Waals surface area contributed by atoms with E-state index in [0.29, 0.717) is 28.2 Å². The van der Waals surface area contributed by atoms with Gasteiger partial charge in [-0.15, -0.1) is 5.10 Å². The average Bonchev–Trinajstić information content (AvgIpc) is 3.58. The first-order chi connectivity index (χ1) is 18.4. The van der Waals surface area contributed by atoms with Gasteiger partial charge in [-0.2, -0.15) is 9.78 Å². The molecule has 0 bridgehead atoms. The van der Waals surface area contributed by atoms with Gasteiger partial charge in [0.25, 0.3) is 0 Å². The Bertz CT molecular complexity index is 1620. The van der Waals surface area contributed by atoms with Gasteiger partial charge in [0.1, 0.15) is 0 Å². The van der Waals surface area contributed by atoms with E-state index < -0.39 is 5.91 Å². The van der Waals surface area contributed by atoms with Gasteiger partial charge in [0.15, 0.2) is 0 Å². The molecule has 1 aliphatic heterocycles. The van der Waals surface area contributed by atoms with Crippen molar-refractivity contribution in [2.45, 2.75) is 31.2 Å². The Morgan fingerprint density at radius 3 is 2.37 bits per heavy atom. The fourth-order valence-corrected chi connectivity index (χ4v) is 5.73. The minimum absolute atomic E-state index is 0.00517. The van der Waals surface area contributed by atoms with Gasteiger partial charge in [-0.1, -0.05) is 59.6 Å². The number of hydrazone groups is 1. The molecule has 1 aliphatic carbocycles. The second-order valence-electron chi connectivity index (χ2n) is 9.59. The lowest BCUT2D eigenvalue weighted by Crippen LogP contribution is -2.37. The first-order valence-corrected chi connectivity index (χ1v) is 13.1. The third kappa shape index (κ3) is 4.10. The highest BCUT2D eigenvalue weighted by molar-refractivity contribution is 6.31. The molecule has 3 aromatic carbocycles. The Labute approximate surface area is 228 Å². The van der Waals surface area contributed by atoms with Crippen LogP contribution in [-0.2, 0) is 23.2 Å². The van der Waals surface area contributed by atoms with Crippen molar-refractivity contribution in [1.29, 1.82) is 0 Å². The normalized spacial score (nSPS) is 18.2. The number of hydrogen-bond acceptors (Lipinski definition) is 5. The summed E-state index contributed by atoms with van der Waals surface area (Å²) in [5.41, 5.74) is 9.58. The fourth-order valence-electron chi connectivity index (χ4n) is 5.48. The topological polar surface area (TPSA) is 98.5 Å². The van der Waals surface area contributed by atoms with Crippen molar-refractivity contribution in [3.05, 3.63) is 110 Å². The summed E-state index contributed by atoms with van der Waals surface area (Å²) < 4.78 is 2.76. The zero-order valence-electron chi connectivity index (χ0n) is 20.3. The Hall–Kier alpha value is -3.88. The lowest BCUT2D eigenvalue weighted by atomic mass is 9.75. The number of fused-ring (bicyclic) bond motifs is 2. The standard InChI is InChI=1S/C28H24Cl2N6O2/c29-20-7-5-19(6-8-20)25-28(15-13-18-3-1-2-4-23(18)28)17-35(32-25)26-33-36(22-11-9-21(30)10-12-22)27(38)34(26)16-14-24(31)37/h1-12H,13-17H2,(H2,31,37)/t28-/m0/s1. The summed E-state index contributed by atoms with van der Waals surface area (Å²) in [7, 11) is 0. The number of anilines is 1. The second-order valence-corrected chi connectivity index (χ2v) is 10.5. The lowest BCUT2D eigenvalue weighted by molar-refractivity contribution is -0.118. The molecule has 1 atom stereocenters. The molecule has 0 radical (unpaired) electrons. The van der Waals surface area contributed by atoms with Gasteiger partial charge < -0.3 is 5.73 Å². The summed E-state index contributed by atoms with van der Waals surface area (Å²) in [5, 5.41) is 12.7. The molecular formula is C28H24Cl2N6O2. The van der Waals surface area contributed by atoms with E-state index in [4.69, 9.17) is 39.1 Å². The van der Waals surface area contributed by atoms with E-state index in [9.17, 15) is 9.59 Å². The van der Waals surface area contributed by atoms with Crippen LogP contribution in [0.2, 0.25) is 10.0 Å². The Balaban J connectivity index is 1.51. The van der Waals surface area contributed by atoms with E-state index in [1.54, 1.807) is 29.3 Å². The van der Waals surface area contributed by atoms with Crippen molar-refractivity contribution < 1.29 is 4.79 Å². The summed E-state index contributed by atoms with van der Waals surface area (Å²) in [6, 6.07) is 22.9. The summed E-state index contributed by atoms with van der Waals surface area (Å²) in [6.07, 6.45) is 1.78. The molecule has 192 valence electrons.